The molecule has 0 bridgehead atoms. The van der Waals surface area contributed by atoms with Crippen molar-refractivity contribution in [1.82, 2.24) is 4.90 Å². The highest BCUT2D eigenvalue weighted by molar-refractivity contribution is 5.86. The molecule has 0 aromatic rings. The number of carbonyl (C=O) groups is 1. The zero-order valence-electron chi connectivity index (χ0n) is 11.1. The van der Waals surface area contributed by atoms with E-state index in [2.05, 4.69) is 13.8 Å². The molecule has 0 spiro atoms. The number of hydrogen-bond donors (Lipinski definition) is 1. The number of rotatable bonds is 6. The predicted molar refractivity (Wildman–Crippen MR) is 67.1 cm³/mol. The van der Waals surface area contributed by atoms with Gasteiger partial charge in [0.15, 0.2) is 0 Å². The fourth-order valence-corrected chi connectivity index (χ4v) is 2.02. The second-order valence-corrected chi connectivity index (χ2v) is 5.45. The Hall–Kier alpha value is -0.570. The molecule has 1 saturated carbocycles. The van der Waals surface area contributed by atoms with E-state index in [0.29, 0.717) is 12.0 Å². The average molecular weight is 226 g/mol. The van der Waals surface area contributed by atoms with Crippen LogP contribution in [0.1, 0.15) is 53.4 Å². The summed E-state index contributed by atoms with van der Waals surface area (Å²) < 4.78 is 0. The van der Waals surface area contributed by atoms with E-state index >= 15 is 0 Å². The molecule has 0 atom stereocenters. The molecule has 0 radical (unpaired) electrons. The van der Waals surface area contributed by atoms with Crippen LogP contribution in [0.25, 0.3) is 0 Å². The van der Waals surface area contributed by atoms with Crippen LogP contribution in [0.3, 0.4) is 0 Å². The molecule has 1 rings (SSSR count). The second-order valence-electron chi connectivity index (χ2n) is 5.45. The van der Waals surface area contributed by atoms with Crippen molar-refractivity contribution in [2.24, 2.45) is 11.7 Å². The smallest absolute Gasteiger partial charge is 0.242 e. The van der Waals surface area contributed by atoms with E-state index in [1.165, 1.54) is 0 Å². The van der Waals surface area contributed by atoms with Crippen LogP contribution in [0.5, 0.6) is 0 Å². The van der Waals surface area contributed by atoms with Gasteiger partial charge in [-0.15, -0.1) is 0 Å². The molecule has 1 amide bonds. The van der Waals surface area contributed by atoms with Gasteiger partial charge in [0.2, 0.25) is 5.91 Å². The molecule has 0 unspecified atom stereocenters. The van der Waals surface area contributed by atoms with E-state index in [4.69, 9.17) is 5.73 Å². The Morgan fingerprint density at radius 2 is 1.88 bits per heavy atom. The molecular formula is C13H26N2O. The Labute approximate surface area is 99.4 Å². The third-order valence-corrected chi connectivity index (χ3v) is 3.50. The molecule has 3 heteroatoms. The largest absolute Gasteiger partial charge is 0.338 e. The first-order valence-electron chi connectivity index (χ1n) is 6.54. The second kappa shape index (κ2) is 5.17. The van der Waals surface area contributed by atoms with E-state index < -0.39 is 5.54 Å². The van der Waals surface area contributed by atoms with Crippen molar-refractivity contribution in [2.75, 3.05) is 6.54 Å². The van der Waals surface area contributed by atoms with Gasteiger partial charge >= 0.3 is 0 Å². The highest BCUT2D eigenvalue weighted by atomic mass is 16.2. The minimum Gasteiger partial charge on any atom is -0.338 e. The van der Waals surface area contributed by atoms with Gasteiger partial charge < -0.3 is 10.6 Å². The third kappa shape index (κ3) is 2.97. The number of nitrogens with zero attached hydrogens (tertiary/aromatic N) is 1. The van der Waals surface area contributed by atoms with Crippen molar-refractivity contribution in [3.05, 3.63) is 0 Å². The van der Waals surface area contributed by atoms with Gasteiger partial charge in [0.05, 0.1) is 5.54 Å². The SMILES string of the molecule is CCC(N)(CC)C(=O)N(CC(C)C)C1CC1. The Bertz CT molecular complexity index is 242. The van der Waals surface area contributed by atoms with Crippen LogP contribution in [0.15, 0.2) is 0 Å². The normalized spacial score (nSPS) is 16.6. The van der Waals surface area contributed by atoms with Crippen LogP contribution >= 0.6 is 0 Å². The Balaban J connectivity index is 2.73. The van der Waals surface area contributed by atoms with Crippen molar-refractivity contribution >= 4 is 5.91 Å². The summed E-state index contributed by atoms with van der Waals surface area (Å²) in [7, 11) is 0. The molecule has 2 N–H and O–H groups in total. The topological polar surface area (TPSA) is 46.3 Å². The van der Waals surface area contributed by atoms with Crippen molar-refractivity contribution in [2.45, 2.75) is 65.0 Å². The molecule has 1 aliphatic rings. The van der Waals surface area contributed by atoms with Gasteiger partial charge in [0.25, 0.3) is 0 Å². The summed E-state index contributed by atoms with van der Waals surface area (Å²) in [5, 5.41) is 0. The van der Waals surface area contributed by atoms with Gasteiger partial charge in [0, 0.05) is 12.6 Å². The molecule has 0 aromatic carbocycles. The lowest BCUT2D eigenvalue weighted by Gasteiger charge is -2.34. The van der Waals surface area contributed by atoms with E-state index in [9.17, 15) is 4.79 Å². The summed E-state index contributed by atoms with van der Waals surface area (Å²) >= 11 is 0. The van der Waals surface area contributed by atoms with Crippen molar-refractivity contribution < 1.29 is 4.79 Å². The molecule has 0 saturated heterocycles. The fraction of sp³-hybridized carbons (Fsp3) is 0.923. The monoisotopic (exact) mass is 226 g/mol. The Kier molecular flexibility index (Phi) is 4.36. The molecule has 94 valence electrons. The van der Waals surface area contributed by atoms with E-state index in [-0.39, 0.29) is 5.91 Å². The van der Waals surface area contributed by atoms with E-state index in [1.54, 1.807) is 0 Å². The third-order valence-electron chi connectivity index (χ3n) is 3.50. The van der Waals surface area contributed by atoms with Crippen LogP contribution in [0, 0.1) is 5.92 Å². The average Bonchev–Trinajstić information content (AvgIpc) is 3.07. The molecule has 1 aliphatic carbocycles. The minimum atomic E-state index is -0.641. The van der Waals surface area contributed by atoms with E-state index in [1.807, 2.05) is 18.7 Å². The maximum Gasteiger partial charge on any atom is 0.242 e. The van der Waals surface area contributed by atoms with Crippen LogP contribution in [-0.4, -0.2) is 28.9 Å². The molecule has 0 heterocycles. The zero-order chi connectivity index (χ0) is 12.3. The molecule has 16 heavy (non-hydrogen) atoms. The number of amides is 1. The van der Waals surface area contributed by atoms with Gasteiger partial charge in [-0.05, 0) is 31.6 Å². The Morgan fingerprint density at radius 3 is 2.19 bits per heavy atom. The number of nitrogens with two attached hydrogens (primary N) is 1. The van der Waals surface area contributed by atoms with Crippen LogP contribution < -0.4 is 5.73 Å². The molecular weight excluding hydrogens is 200 g/mol. The molecule has 0 aromatic heterocycles. The summed E-state index contributed by atoms with van der Waals surface area (Å²) in [5.41, 5.74) is 5.55. The van der Waals surface area contributed by atoms with E-state index in [0.717, 1.165) is 32.2 Å². The molecule has 3 nitrogen and oxygen atoms in total. The number of carbonyl (C=O) groups excluding carboxylic acids is 1. The predicted octanol–water partition coefficient (Wildman–Crippen LogP) is 2.15. The minimum absolute atomic E-state index is 0.161. The summed E-state index contributed by atoms with van der Waals surface area (Å²) in [5.74, 6) is 0.677. The lowest BCUT2D eigenvalue weighted by molar-refractivity contribution is -0.138. The summed E-state index contributed by atoms with van der Waals surface area (Å²) in [6.07, 6.45) is 3.76. The van der Waals surface area contributed by atoms with Gasteiger partial charge in [-0.1, -0.05) is 27.7 Å². The fourth-order valence-electron chi connectivity index (χ4n) is 2.02. The maximum atomic E-state index is 12.4. The quantitative estimate of drug-likeness (QED) is 0.754. The highest BCUT2D eigenvalue weighted by Gasteiger charge is 2.40. The van der Waals surface area contributed by atoms with Gasteiger partial charge in [-0.25, -0.2) is 0 Å². The van der Waals surface area contributed by atoms with Gasteiger partial charge in [-0.3, -0.25) is 4.79 Å². The number of hydrogen-bond acceptors (Lipinski definition) is 2. The van der Waals surface area contributed by atoms with Gasteiger partial charge in [-0.2, -0.15) is 0 Å². The summed E-state index contributed by atoms with van der Waals surface area (Å²) in [6, 6.07) is 0.468. The lowest BCUT2D eigenvalue weighted by Crippen LogP contribution is -2.56. The Morgan fingerprint density at radius 1 is 1.38 bits per heavy atom. The highest BCUT2D eigenvalue weighted by Crippen LogP contribution is 2.30. The van der Waals surface area contributed by atoms with Crippen LogP contribution in [0.2, 0.25) is 0 Å². The lowest BCUT2D eigenvalue weighted by atomic mass is 9.92. The van der Waals surface area contributed by atoms with Crippen LogP contribution in [0.4, 0.5) is 0 Å². The van der Waals surface area contributed by atoms with Crippen LogP contribution in [-0.2, 0) is 4.79 Å². The van der Waals surface area contributed by atoms with Crippen molar-refractivity contribution in [3.8, 4) is 0 Å². The summed E-state index contributed by atoms with van der Waals surface area (Å²) in [4.78, 5) is 14.5. The first-order valence-corrected chi connectivity index (χ1v) is 6.54. The first-order chi connectivity index (χ1) is 7.44. The van der Waals surface area contributed by atoms with Crippen molar-refractivity contribution in [3.63, 3.8) is 0 Å². The standard InChI is InChI=1S/C13H26N2O/c1-5-13(14,6-2)12(16)15(9-10(3)4)11-7-8-11/h10-11H,5-9,14H2,1-4H3. The first kappa shape index (κ1) is 13.5. The van der Waals surface area contributed by atoms with Crippen molar-refractivity contribution in [1.29, 1.82) is 0 Å². The summed E-state index contributed by atoms with van der Waals surface area (Å²) in [6.45, 7) is 9.16. The van der Waals surface area contributed by atoms with Gasteiger partial charge in [0.1, 0.15) is 0 Å². The maximum absolute atomic E-state index is 12.4. The molecule has 0 aliphatic heterocycles. The molecule has 1 fully saturated rings. The zero-order valence-corrected chi connectivity index (χ0v) is 11.1.